The molecule has 0 aliphatic heterocycles. The lowest BCUT2D eigenvalue weighted by atomic mass is 10.0. The van der Waals surface area contributed by atoms with Gasteiger partial charge in [0.2, 0.25) is 0 Å². The van der Waals surface area contributed by atoms with Crippen molar-refractivity contribution < 1.29 is 14.7 Å². The molecule has 0 bridgehead atoms. The maximum absolute atomic E-state index is 11.9. The van der Waals surface area contributed by atoms with Gasteiger partial charge >= 0.3 is 12.0 Å². The zero-order chi connectivity index (χ0) is 15.2. The summed E-state index contributed by atoms with van der Waals surface area (Å²) in [5, 5.41) is 14.4. The van der Waals surface area contributed by atoms with E-state index in [2.05, 4.69) is 10.6 Å². The number of anilines is 1. The van der Waals surface area contributed by atoms with E-state index in [1.807, 2.05) is 39.0 Å². The van der Waals surface area contributed by atoms with Gasteiger partial charge in [0.1, 0.15) is 0 Å². The van der Waals surface area contributed by atoms with Gasteiger partial charge in [0.05, 0.1) is 0 Å². The van der Waals surface area contributed by atoms with Gasteiger partial charge in [-0.15, -0.1) is 0 Å². The summed E-state index contributed by atoms with van der Waals surface area (Å²) in [6.07, 6.45) is 1.25. The fraction of sp³-hybridized carbons (Fsp3) is 0.467. The first kappa shape index (κ1) is 16.0. The summed E-state index contributed by atoms with van der Waals surface area (Å²) in [6, 6.07) is 6.96. The summed E-state index contributed by atoms with van der Waals surface area (Å²) in [5.74, 6) is -0.851. The standard InChI is InChI=1S/C15H22N2O3/c1-4-15(2,3)17-14(20)16-12-8-6-5-7-11(12)9-10-13(18)19/h5-8H,4,9-10H2,1-3H3,(H,18,19)(H2,16,17,20). The van der Waals surface area contributed by atoms with Crippen LogP contribution in [0.2, 0.25) is 0 Å². The molecule has 5 nitrogen and oxygen atoms in total. The summed E-state index contributed by atoms with van der Waals surface area (Å²) in [7, 11) is 0. The number of hydrogen-bond donors (Lipinski definition) is 3. The molecule has 3 N–H and O–H groups in total. The summed E-state index contributed by atoms with van der Waals surface area (Å²) in [4.78, 5) is 22.6. The van der Waals surface area contributed by atoms with Crippen molar-refractivity contribution in [2.45, 2.75) is 45.6 Å². The largest absolute Gasteiger partial charge is 0.481 e. The molecular weight excluding hydrogens is 256 g/mol. The van der Waals surface area contributed by atoms with Crippen molar-refractivity contribution in [3.05, 3.63) is 29.8 Å². The minimum absolute atomic E-state index is 0.0424. The third-order valence-corrected chi connectivity index (χ3v) is 3.21. The van der Waals surface area contributed by atoms with Crippen molar-refractivity contribution in [3.8, 4) is 0 Å². The number of aryl methyl sites for hydroxylation is 1. The second-order valence-electron chi connectivity index (χ2n) is 5.37. The minimum atomic E-state index is -0.851. The number of para-hydroxylation sites is 1. The summed E-state index contributed by atoms with van der Waals surface area (Å²) in [5.41, 5.74) is 1.19. The van der Waals surface area contributed by atoms with Crippen molar-refractivity contribution in [2.75, 3.05) is 5.32 Å². The van der Waals surface area contributed by atoms with Gasteiger partial charge in [-0.3, -0.25) is 4.79 Å². The normalized spacial score (nSPS) is 10.9. The maximum Gasteiger partial charge on any atom is 0.319 e. The first-order valence-corrected chi connectivity index (χ1v) is 6.73. The SMILES string of the molecule is CCC(C)(C)NC(=O)Nc1ccccc1CCC(=O)O. The van der Waals surface area contributed by atoms with Crippen LogP contribution in [-0.4, -0.2) is 22.6 Å². The van der Waals surface area contributed by atoms with E-state index in [1.54, 1.807) is 6.07 Å². The number of carboxylic acids is 1. The van der Waals surface area contributed by atoms with E-state index in [1.165, 1.54) is 0 Å². The molecule has 1 rings (SSSR count). The lowest BCUT2D eigenvalue weighted by Crippen LogP contribution is -2.45. The number of benzene rings is 1. The van der Waals surface area contributed by atoms with Crippen LogP contribution in [0.25, 0.3) is 0 Å². The molecule has 0 aliphatic rings. The molecule has 0 aliphatic carbocycles. The van der Waals surface area contributed by atoms with Crippen LogP contribution in [-0.2, 0) is 11.2 Å². The Balaban J connectivity index is 2.72. The van der Waals surface area contributed by atoms with Gasteiger partial charge in [-0.05, 0) is 38.3 Å². The minimum Gasteiger partial charge on any atom is -0.481 e. The first-order chi connectivity index (χ1) is 9.34. The average molecular weight is 278 g/mol. The smallest absolute Gasteiger partial charge is 0.319 e. The van der Waals surface area contributed by atoms with Crippen LogP contribution in [0.5, 0.6) is 0 Å². The number of rotatable bonds is 6. The molecule has 2 amide bonds. The van der Waals surface area contributed by atoms with Crippen LogP contribution in [0, 0.1) is 0 Å². The number of urea groups is 1. The monoisotopic (exact) mass is 278 g/mol. The third-order valence-electron chi connectivity index (χ3n) is 3.21. The molecular formula is C15H22N2O3. The molecule has 5 heteroatoms. The van der Waals surface area contributed by atoms with E-state index in [4.69, 9.17) is 5.11 Å². The van der Waals surface area contributed by atoms with E-state index in [-0.39, 0.29) is 18.0 Å². The van der Waals surface area contributed by atoms with Crippen molar-refractivity contribution in [1.82, 2.24) is 5.32 Å². The Labute approximate surface area is 119 Å². The Morgan fingerprint density at radius 1 is 1.25 bits per heavy atom. The van der Waals surface area contributed by atoms with E-state index < -0.39 is 5.97 Å². The lowest BCUT2D eigenvalue weighted by molar-refractivity contribution is -0.136. The Morgan fingerprint density at radius 2 is 1.90 bits per heavy atom. The molecule has 1 aromatic carbocycles. The quantitative estimate of drug-likeness (QED) is 0.748. The number of carboxylic acid groups (broad SMARTS) is 1. The molecule has 0 spiro atoms. The lowest BCUT2D eigenvalue weighted by Gasteiger charge is -2.25. The number of aliphatic carboxylic acids is 1. The first-order valence-electron chi connectivity index (χ1n) is 6.73. The number of carbonyl (C=O) groups excluding carboxylic acids is 1. The van der Waals surface area contributed by atoms with E-state index in [0.717, 1.165) is 12.0 Å². The van der Waals surface area contributed by atoms with Crippen LogP contribution in [0.3, 0.4) is 0 Å². The predicted molar refractivity (Wildman–Crippen MR) is 78.9 cm³/mol. The molecule has 1 aromatic rings. The van der Waals surface area contributed by atoms with Crippen molar-refractivity contribution in [2.24, 2.45) is 0 Å². The predicted octanol–water partition coefficient (Wildman–Crippen LogP) is 3.01. The zero-order valence-electron chi connectivity index (χ0n) is 12.2. The molecule has 0 atom stereocenters. The van der Waals surface area contributed by atoms with E-state index >= 15 is 0 Å². The number of nitrogens with one attached hydrogen (secondary N) is 2. The van der Waals surface area contributed by atoms with Gasteiger partial charge in [-0.1, -0.05) is 25.1 Å². The highest BCUT2D eigenvalue weighted by molar-refractivity contribution is 5.90. The van der Waals surface area contributed by atoms with E-state index in [9.17, 15) is 9.59 Å². The third kappa shape index (κ3) is 5.30. The van der Waals surface area contributed by atoms with Gasteiger partial charge in [0.15, 0.2) is 0 Å². The Morgan fingerprint density at radius 3 is 2.50 bits per heavy atom. The topological polar surface area (TPSA) is 78.4 Å². The van der Waals surface area contributed by atoms with Gasteiger partial charge in [0.25, 0.3) is 0 Å². The Hall–Kier alpha value is -2.04. The zero-order valence-corrected chi connectivity index (χ0v) is 12.2. The van der Waals surface area contributed by atoms with Crippen molar-refractivity contribution >= 4 is 17.7 Å². The second-order valence-corrected chi connectivity index (χ2v) is 5.37. The van der Waals surface area contributed by atoms with Gasteiger partial charge < -0.3 is 15.7 Å². The number of hydrogen-bond acceptors (Lipinski definition) is 2. The van der Waals surface area contributed by atoms with Crippen LogP contribution >= 0.6 is 0 Å². The van der Waals surface area contributed by atoms with Crippen LogP contribution in [0.4, 0.5) is 10.5 Å². The summed E-state index contributed by atoms with van der Waals surface area (Å²) < 4.78 is 0. The summed E-state index contributed by atoms with van der Waals surface area (Å²) >= 11 is 0. The maximum atomic E-state index is 11.9. The summed E-state index contributed by atoms with van der Waals surface area (Å²) in [6.45, 7) is 5.90. The highest BCUT2D eigenvalue weighted by Crippen LogP contribution is 2.17. The molecule has 110 valence electrons. The molecule has 0 radical (unpaired) electrons. The highest BCUT2D eigenvalue weighted by Gasteiger charge is 2.18. The average Bonchev–Trinajstić information content (AvgIpc) is 2.37. The number of carbonyl (C=O) groups is 2. The van der Waals surface area contributed by atoms with Crippen LogP contribution in [0.1, 0.15) is 39.2 Å². The van der Waals surface area contributed by atoms with Crippen molar-refractivity contribution in [1.29, 1.82) is 0 Å². The fourth-order valence-electron chi connectivity index (χ4n) is 1.65. The van der Waals surface area contributed by atoms with Crippen molar-refractivity contribution in [3.63, 3.8) is 0 Å². The van der Waals surface area contributed by atoms with Gasteiger partial charge in [-0.25, -0.2) is 4.79 Å². The van der Waals surface area contributed by atoms with Gasteiger partial charge in [0, 0.05) is 17.6 Å². The number of amides is 2. The fourth-order valence-corrected chi connectivity index (χ4v) is 1.65. The second kappa shape index (κ2) is 6.93. The molecule has 0 aromatic heterocycles. The Kier molecular flexibility index (Phi) is 5.55. The molecule has 20 heavy (non-hydrogen) atoms. The molecule has 0 fully saturated rings. The van der Waals surface area contributed by atoms with Gasteiger partial charge in [-0.2, -0.15) is 0 Å². The molecule has 0 heterocycles. The molecule has 0 saturated heterocycles. The van der Waals surface area contributed by atoms with Crippen LogP contribution in [0.15, 0.2) is 24.3 Å². The highest BCUT2D eigenvalue weighted by atomic mass is 16.4. The Bertz CT molecular complexity index is 484. The van der Waals surface area contributed by atoms with Crippen LogP contribution < -0.4 is 10.6 Å². The molecule has 0 unspecified atom stereocenters. The molecule has 0 saturated carbocycles. The van der Waals surface area contributed by atoms with E-state index in [0.29, 0.717) is 12.1 Å².